The lowest BCUT2D eigenvalue weighted by Gasteiger charge is -2.32. The minimum absolute atomic E-state index is 0.158. The Balaban J connectivity index is 1.17. The van der Waals surface area contributed by atoms with Crippen LogP contribution in [0, 0.1) is 5.82 Å². The molecule has 2 aromatic carbocycles. The van der Waals surface area contributed by atoms with Gasteiger partial charge in [0.05, 0.1) is 11.0 Å². The van der Waals surface area contributed by atoms with E-state index in [1.807, 2.05) is 47.0 Å². The Morgan fingerprint density at radius 2 is 1.73 bits per heavy atom. The Morgan fingerprint density at radius 1 is 0.946 bits per heavy atom. The summed E-state index contributed by atoms with van der Waals surface area (Å²) in [6.45, 7) is 2.69. The van der Waals surface area contributed by atoms with Gasteiger partial charge in [0.2, 0.25) is 5.95 Å². The number of hydrogen-bond donors (Lipinski definition) is 1. The van der Waals surface area contributed by atoms with Gasteiger partial charge in [-0.3, -0.25) is 14.5 Å². The Morgan fingerprint density at radius 3 is 2.46 bits per heavy atom. The van der Waals surface area contributed by atoms with Crippen LogP contribution in [0.3, 0.4) is 0 Å². The van der Waals surface area contributed by atoms with E-state index in [-0.39, 0.29) is 11.9 Å². The Labute approximate surface area is 213 Å². The van der Waals surface area contributed by atoms with Gasteiger partial charge in [-0.05, 0) is 61.4 Å². The summed E-state index contributed by atoms with van der Waals surface area (Å²) in [5.41, 5.74) is 9.66. The highest BCUT2D eigenvalue weighted by Crippen LogP contribution is 2.29. The van der Waals surface area contributed by atoms with E-state index in [1.54, 1.807) is 24.7 Å². The summed E-state index contributed by atoms with van der Waals surface area (Å²) in [6.07, 6.45) is 7.34. The largest absolute Gasteiger partial charge is 0.490 e. The maximum absolute atomic E-state index is 13.9. The van der Waals surface area contributed by atoms with Crippen LogP contribution in [-0.4, -0.2) is 48.6 Å². The number of halogens is 1. The van der Waals surface area contributed by atoms with Crippen LogP contribution in [0.1, 0.15) is 18.4 Å². The molecule has 1 fully saturated rings. The van der Waals surface area contributed by atoms with Gasteiger partial charge in [-0.25, -0.2) is 19.3 Å². The van der Waals surface area contributed by atoms with Gasteiger partial charge < -0.3 is 10.5 Å². The van der Waals surface area contributed by atoms with Crippen LogP contribution in [0.25, 0.3) is 28.2 Å². The molecule has 3 aromatic heterocycles. The standard InChI is InChI=1S/C28H26FN7O/c29-20-4-9-26-25(15-20)34-27(24-3-1-2-12-31-24)36(26)21-5-7-22(8-6-21)37-23-10-13-35(14-11-23)18-19-16-32-28(30)33-17-19/h1-9,12,15-17,23H,10-11,13-14,18H2,(H2,30,32,33). The van der Waals surface area contributed by atoms with Gasteiger partial charge in [0.25, 0.3) is 0 Å². The molecule has 0 atom stereocenters. The summed E-state index contributed by atoms with van der Waals surface area (Å²) in [5.74, 6) is 1.46. The van der Waals surface area contributed by atoms with Crippen LogP contribution in [0.5, 0.6) is 5.75 Å². The van der Waals surface area contributed by atoms with Crippen molar-refractivity contribution < 1.29 is 9.13 Å². The zero-order valence-electron chi connectivity index (χ0n) is 20.2. The van der Waals surface area contributed by atoms with Crippen molar-refractivity contribution in [1.29, 1.82) is 0 Å². The van der Waals surface area contributed by atoms with Gasteiger partial charge in [0.15, 0.2) is 5.82 Å². The second-order valence-corrected chi connectivity index (χ2v) is 9.16. The molecular formula is C28H26FN7O. The second-order valence-electron chi connectivity index (χ2n) is 9.16. The van der Waals surface area contributed by atoms with Crippen LogP contribution in [0.15, 0.2) is 79.3 Å². The molecule has 0 unspecified atom stereocenters. The van der Waals surface area contributed by atoms with Crippen molar-refractivity contribution in [2.24, 2.45) is 0 Å². The third-order valence-electron chi connectivity index (χ3n) is 6.57. The number of likely N-dealkylation sites (tertiary alicyclic amines) is 1. The number of imidazole rings is 1. The third kappa shape index (κ3) is 4.99. The summed E-state index contributed by atoms with van der Waals surface area (Å²) in [5, 5.41) is 0. The van der Waals surface area contributed by atoms with Gasteiger partial charge in [0.1, 0.15) is 23.4 Å². The van der Waals surface area contributed by atoms with Crippen molar-refractivity contribution in [3.63, 3.8) is 0 Å². The third-order valence-corrected chi connectivity index (χ3v) is 6.57. The predicted octanol–water partition coefficient (Wildman–Crippen LogP) is 4.64. The van der Waals surface area contributed by atoms with Gasteiger partial charge in [-0.2, -0.15) is 0 Å². The van der Waals surface area contributed by atoms with Crippen LogP contribution in [0.2, 0.25) is 0 Å². The molecule has 2 N–H and O–H groups in total. The minimum atomic E-state index is -0.318. The molecule has 9 heteroatoms. The summed E-state index contributed by atoms with van der Waals surface area (Å²) in [7, 11) is 0. The van der Waals surface area contributed by atoms with Crippen LogP contribution in [-0.2, 0) is 6.54 Å². The fourth-order valence-electron chi connectivity index (χ4n) is 4.74. The van der Waals surface area contributed by atoms with E-state index in [0.29, 0.717) is 17.3 Å². The fourth-order valence-corrected chi connectivity index (χ4v) is 4.74. The molecule has 1 aliphatic rings. The molecule has 8 nitrogen and oxygen atoms in total. The predicted molar refractivity (Wildman–Crippen MR) is 140 cm³/mol. The smallest absolute Gasteiger partial charge is 0.219 e. The number of nitrogens with two attached hydrogens (primary N) is 1. The monoisotopic (exact) mass is 495 g/mol. The Hall–Kier alpha value is -4.37. The second kappa shape index (κ2) is 9.94. The number of hydrogen-bond acceptors (Lipinski definition) is 7. The molecule has 0 radical (unpaired) electrons. The quantitative estimate of drug-likeness (QED) is 0.367. The molecule has 186 valence electrons. The van der Waals surface area contributed by atoms with Crippen LogP contribution in [0.4, 0.5) is 10.3 Å². The first kappa shape index (κ1) is 23.1. The normalized spacial score (nSPS) is 14.7. The first-order valence-corrected chi connectivity index (χ1v) is 12.3. The molecule has 6 rings (SSSR count). The van der Waals surface area contributed by atoms with E-state index >= 15 is 0 Å². The number of pyridine rings is 1. The first-order valence-electron chi connectivity index (χ1n) is 12.3. The van der Waals surface area contributed by atoms with Crippen molar-refractivity contribution in [2.75, 3.05) is 18.8 Å². The lowest BCUT2D eigenvalue weighted by molar-refractivity contribution is 0.0967. The van der Waals surface area contributed by atoms with Crippen molar-refractivity contribution in [3.05, 3.63) is 90.6 Å². The summed E-state index contributed by atoms with van der Waals surface area (Å²) >= 11 is 0. The number of nitrogens with zero attached hydrogens (tertiary/aromatic N) is 6. The highest BCUT2D eigenvalue weighted by molar-refractivity contribution is 5.82. The van der Waals surface area contributed by atoms with Gasteiger partial charge in [-0.1, -0.05) is 6.07 Å². The lowest BCUT2D eigenvalue weighted by atomic mass is 10.1. The number of benzene rings is 2. The van der Waals surface area contributed by atoms with Crippen molar-refractivity contribution >= 4 is 17.0 Å². The number of rotatable bonds is 6. The molecule has 4 heterocycles. The van der Waals surface area contributed by atoms with Crippen molar-refractivity contribution in [3.8, 4) is 23.0 Å². The fraction of sp³-hybridized carbons (Fsp3) is 0.214. The van der Waals surface area contributed by atoms with Gasteiger partial charge in [0, 0.05) is 55.5 Å². The molecule has 5 aromatic rings. The molecule has 1 saturated heterocycles. The highest BCUT2D eigenvalue weighted by Gasteiger charge is 2.21. The van der Waals surface area contributed by atoms with E-state index < -0.39 is 0 Å². The number of ether oxygens (including phenoxy) is 1. The molecule has 0 saturated carbocycles. The number of piperidine rings is 1. The SMILES string of the molecule is Nc1ncc(CN2CCC(Oc3ccc(-n4c(-c5ccccn5)nc5cc(F)ccc54)cc3)CC2)cn1. The maximum atomic E-state index is 13.9. The van der Waals surface area contributed by atoms with E-state index in [1.165, 1.54) is 12.1 Å². The van der Waals surface area contributed by atoms with Crippen LogP contribution < -0.4 is 10.5 Å². The zero-order valence-corrected chi connectivity index (χ0v) is 20.2. The summed E-state index contributed by atoms with van der Waals surface area (Å²) in [6, 6.07) is 18.3. The van der Waals surface area contributed by atoms with E-state index in [0.717, 1.165) is 60.7 Å². The van der Waals surface area contributed by atoms with E-state index in [4.69, 9.17) is 10.5 Å². The topological polar surface area (TPSA) is 95.0 Å². The average Bonchev–Trinajstić information content (AvgIpc) is 3.30. The highest BCUT2D eigenvalue weighted by atomic mass is 19.1. The molecule has 1 aliphatic heterocycles. The molecule has 0 spiro atoms. The van der Waals surface area contributed by atoms with Gasteiger partial charge in [-0.15, -0.1) is 0 Å². The first-order chi connectivity index (χ1) is 18.1. The number of fused-ring (bicyclic) bond motifs is 1. The average molecular weight is 496 g/mol. The van der Waals surface area contributed by atoms with Crippen LogP contribution >= 0.6 is 0 Å². The Bertz CT molecular complexity index is 1500. The van der Waals surface area contributed by atoms with Crippen molar-refractivity contribution in [1.82, 2.24) is 29.4 Å². The zero-order chi connectivity index (χ0) is 25.2. The number of aromatic nitrogens is 5. The number of nitrogen functional groups attached to an aromatic ring is 1. The molecule has 0 aliphatic carbocycles. The minimum Gasteiger partial charge on any atom is -0.490 e. The Kier molecular flexibility index (Phi) is 6.20. The lowest BCUT2D eigenvalue weighted by Crippen LogP contribution is -2.37. The summed E-state index contributed by atoms with van der Waals surface area (Å²) < 4.78 is 22.2. The number of anilines is 1. The molecule has 0 amide bonds. The maximum Gasteiger partial charge on any atom is 0.219 e. The van der Waals surface area contributed by atoms with Crippen molar-refractivity contribution in [2.45, 2.75) is 25.5 Å². The van der Waals surface area contributed by atoms with E-state index in [9.17, 15) is 4.39 Å². The van der Waals surface area contributed by atoms with E-state index in [2.05, 4.69) is 24.8 Å². The molecular weight excluding hydrogens is 469 g/mol. The molecule has 0 bridgehead atoms. The molecule has 37 heavy (non-hydrogen) atoms. The summed E-state index contributed by atoms with van der Waals surface area (Å²) in [4.78, 5) is 19.7. The van der Waals surface area contributed by atoms with Gasteiger partial charge >= 0.3 is 0 Å².